The Balaban J connectivity index is 1.42. The van der Waals surface area contributed by atoms with E-state index in [-0.39, 0.29) is 17.9 Å². The lowest BCUT2D eigenvalue weighted by Gasteiger charge is -2.33. The molecule has 0 aliphatic carbocycles. The molecule has 0 radical (unpaired) electrons. The fourth-order valence-electron chi connectivity index (χ4n) is 3.00. The molecule has 1 aromatic heterocycles. The van der Waals surface area contributed by atoms with E-state index >= 15 is 0 Å². The molecule has 1 fully saturated rings. The topological polar surface area (TPSA) is 70.7 Å². The lowest BCUT2D eigenvalue weighted by atomic mass is 10.2. The maximum Gasteiger partial charge on any atom is 0.261 e. The average Bonchev–Trinajstić information content (AvgIpc) is 3.22. The van der Waals surface area contributed by atoms with Crippen LogP contribution in [0.15, 0.2) is 47.8 Å². The first kappa shape index (κ1) is 19.5. The second-order valence-electron chi connectivity index (χ2n) is 6.63. The highest BCUT2D eigenvalue weighted by Crippen LogP contribution is 2.10. The largest absolute Gasteiger partial charge is 0.374 e. The highest BCUT2D eigenvalue weighted by atomic mass is 32.1. The predicted octanol–water partition coefficient (Wildman–Crippen LogP) is 1.88. The molecule has 2 amide bonds. The average molecular weight is 388 g/mol. The van der Waals surface area contributed by atoms with Crippen LogP contribution in [0.4, 0.5) is 0 Å². The molecular weight excluding hydrogens is 362 g/mol. The van der Waals surface area contributed by atoms with Gasteiger partial charge in [0.15, 0.2) is 0 Å². The minimum absolute atomic E-state index is 0.0494. The summed E-state index contributed by atoms with van der Waals surface area (Å²) < 4.78 is 5.77. The molecule has 2 N–H and O–H groups in total. The van der Waals surface area contributed by atoms with Gasteiger partial charge in [0.25, 0.3) is 5.91 Å². The first-order valence-corrected chi connectivity index (χ1v) is 10.00. The Morgan fingerprint density at radius 1 is 1.26 bits per heavy atom. The summed E-state index contributed by atoms with van der Waals surface area (Å²) in [4.78, 5) is 27.2. The van der Waals surface area contributed by atoms with Crippen LogP contribution in [0.25, 0.3) is 0 Å². The molecule has 0 bridgehead atoms. The summed E-state index contributed by atoms with van der Waals surface area (Å²) in [5, 5.41) is 7.44. The molecule has 3 rings (SSSR count). The van der Waals surface area contributed by atoms with Gasteiger partial charge in [-0.1, -0.05) is 36.4 Å². The molecule has 27 heavy (non-hydrogen) atoms. The lowest BCUT2D eigenvalue weighted by molar-refractivity contribution is -0.123. The van der Waals surface area contributed by atoms with Crippen molar-refractivity contribution in [2.45, 2.75) is 25.6 Å². The highest BCUT2D eigenvalue weighted by molar-refractivity contribution is 7.12. The quantitative estimate of drug-likeness (QED) is 0.761. The monoisotopic (exact) mass is 387 g/mol. The van der Waals surface area contributed by atoms with Gasteiger partial charge in [0, 0.05) is 26.2 Å². The summed E-state index contributed by atoms with van der Waals surface area (Å²) in [6.45, 7) is 5.30. The van der Waals surface area contributed by atoms with Crippen LogP contribution in [0.2, 0.25) is 0 Å². The van der Waals surface area contributed by atoms with Crippen molar-refractivity contribution in [3.8, 4) is 0 Å². The van der Waals surface area contributed by atoms with Gasteiger partial charge >= 0.3 is 0 Å². The zero-order valence-electron chi connectivity index (χ0n) is 15.4. The van der Waals surface area contributed by atoms with E-state index in [1.165, 1.54) is 16.9 Å². The van der Waals surface area contributed by atoms with Crippen molar-refractivity contribution in [1.82, 2.24) is 15.5 Å². The van der Waals surface area contributed by atoms with Crippen molar-refractivity contribution in [3.05, 3.63) is 58.3 Å². The third kappa shape index (κ3) is 5.89. The fraction of sp³-hybridized carbons (Fsp3) is 0.400. The number of ether oxygens (including phenoxy) is 1. The molecule has 144 valence electrons. The van der Waals surface area contributed by atoms with Gasteiger partial charge in [0.05, 0.1) is 17.6 Å². The number of amides is 2. The summed E-state index contributed by atoms with van der Waals surface area (Å²) >= 11 is 1.35. The lowest BCUT2D eigenvalue weighted by Crippen LogP contribution is -2.50. The summed E-state index contributed by atoms with van der Waals surface area (Å²) in [5.74, 6) is -0.431. The number of carbonyl (C=O) groups excluding carboxylic acids is 2. The number of nitrogens with zero attached hydrogens (tertiary/aromatic N) is 1. The molecular formula is C20H25N3O3S. The number of rotatable bonds is 7. The molecule has 1 aliphatic rings. The first-order chi connectivity index (χ1) is 13.1. The second-order valence-corrected chi connectivity index (χ2v) is 7.58. The Morgan fingerprint density at radius 2 is 2.07 bits per heavy atom. The van der Waals surface area contributed by atoms with Crippen LogP contribution in [0.3, 0.4) is 0 Å². The summed E-state index contributed by atoms with van der Waals surface area (Å²) in [6, 6.07) is 13.3. The summed E-state index contributed by atoms with van der Waals surface area (Å²) in [5.41, 5.74) is 1.27. The van der Waals surface area contributed by atoms with E-state index in [1.54, 1.807) is 13.0 Å². The van der Waals surface area contributed by atoms with Crippen LogP contribution in [0, 0.1) is 0 Å². The smallest absolute Gasteiger partial charge is 0.261 e. The number of thiophene rings is 1. The molecule has 1 aliphatic heterocycles. The number of hydrogen-bond donors (Lipinski definition) is 2. The van der Waals surface area contributed by atoms with Crippen molar-refractivity contribution in [2.24, 2.45) is 0 Å². The molecule has 2 aromatic rings. The van der Waals surface area contributed by atoms with Crippen molar-refractivity contribution >= 4 is 23.2 Å². The molecule has 0 spiro atoms. The predicted molar refractivity (Wildman–Crippen MR) is 106 cm³/mol. The molecule has 2 atom stereocenters. The Morgan fingerprint density at radius 3 is 2.81 bits per heavy atom. The van der Waals surface area contributed by atoms with Crippen LogP contribution in [-0.2, 0) is 16.1 Å². The Bertz CT molecular complexity index is 736. The van der Waals surface area contributed by atoms with Gasteiger partial charge in [-0.2, -0.15) is 0 Å². The van der Waals surface area contributed by atoms with E-state index < -0.39 is 6.04 Å². The number of nitrogens with one attached hydrogen (secondary N) is 2. The van der Waals surface area contributed by atoms with Crippen LogP contribution >= 0.6 is 11.3 Å². The third-order valence-corrected chi connectivity index (χ3v) is 5.33. The summed E-state index contributed by atoms with van der Waals surface area (Å²) in [7, 11) is 0. The van der Waals surface area contributed by atoms with E-state index in [0.29, 0.717) is 18.0 Å². The maximum absolute atomic E-state index is 12.3. The maximum atomic E-state index is 12.3. The zero-order valence-corrected chi connectivity index (χ0v) is 16.2. The fourth-order valence-corrected chi connectivity index (χ4v) is 3.62. The van der Waals surface area contributed by atoms with Crippen LogP contribution in [0.5, 0.6) is 0 Å². The van der Waals surface area contributed by atoms with Crippen LogP contribution in [0.1, 0.15) is 22.2 Å². The molecule has 1 saturated heterocycles. The molecule has 0 unspecified atom stereocenters. The first-order valence-electron chi connectivity index (χ1n) is 9.12. The number of morpholine rings is 1. The van der Waals surface area contributed by atoms with Crippen molar-refractivity contribution in [2.75, 3.05) is 26.2 Å². The van der Waals surface area contributed by atoms with Gasteiger partial charge in [0.2, 0.25) is 5.91 Å². The van der Waals surface area contributed by atoms with Crippen molar-refractivity contribution < 1.29 is 14.3 Å². The van der Waals surface area contributed by atoms with E-state index in [9.17, 15) is 9.59 Å². The van der Waals surface area contributed by atoms with E-state index in [4.69, 9.17) is 4.74 Å². The van der Waals surface area contributed by atoms with E-state index in [0.717, 1.165) is 19.6 Å². The number of carbonyl (C=O) groups is 2. The number of benzene rings is 1. The van der Waals surface area contributed by atoms with Gasteiger partial charge in [-0.05, 0) is 23.9 Å². The standard InChI is InChI=1S/C20H25N3O3S/c1-15(22-20(25)18-8-5-11-27-18)19(24)21-12-17-14-23(9-10-26-17)13-16-6-3-2-4-7-16/h2-8,11,15,17H,9-10,12-14H2,1H3,(H,21,24)(H,22,25)/t15-,17-/m0/s1. The highest BCUT2D eigenvalue weighted by Gasteiger charge is 2.23. The zero-order chi connectivity index (χ0) is 19.1. The van der Waals surface area contributed by atoms with Crippen molar-refractivity contribution in [3.63, 3.8) is 0 Å². The number of hydrogen-bond acceptors (Lipinski definition) is 5. The van der Waals surface area contributed by atoms with Crippen molar-refractivity contribution in [1.29, 1.82) is 0 Å². The van der Waals surface area contributed by atoms with Gasteiger partial charge in [-0.15, -0.1) is 11.3 Å². The second kappa shape index (κ2) is 9.64. The normalized spacial score (nSPS) is 18.6. The molecule has 7 heteroatoms. The van der Waals surface area contributed by atoms with Gasteiger partial charge in [-0.25, -0.2) is 0 Å². The van der Waals surface area contributed by atoms with Gasteiger partial charge in [-0.3, -0.25) is 14.5 Å². The minimum atomic E-state index is -0.594. The Labute approximate surface area is 163 Å². The minimum Gasteiger partial charge on any atom is -0.374 e. The SMILES string of the molecule is C[C@H](NC(=O)c1cccs1)C(=O)NC[C@H]1CN(Cc2ccccc2)CCO1. The van der Waals surface area contributed by atoms with Gasteiger partial charge in [0.1, 0.15) is 6.04 Å². The molecule has 0 saturated carbocycles. The van der Waals surface area contributed by atoms with Crippen LogP contribution in [-0.4, -0.2) is 55.1 Å². The molecule has 6 nitrogen and oxygen atoms in total. The van der Waals surface area contributed by atoms with Crippen LogP contribution < -0.4 is 10.6 Å². The summed E-state index contributed by atoms with van der Waals surface area (Å²) in [6.07, 6.45) is -0.0494. The molecule has 2 heterocycles. The third-order valence-electron chi connectivity index (χ3n) is 4.46. The Kier molecular flexibility index (Phi) is 6.98. The van der Waals surface area contributed by atoms with E-state index in [1.807, 2.05) is 29.6 Å². The molecule has 1 aromatic carbocycles. The van der Waals surface area contributed by atoms with E-state index in [2.05, 4.69) is 27.7 Å². The Hall–Kier alpha value is -2.22. The van der Waals surface area contributed by atoms with Gasteiger partial charge < -0.3 is 15.4 Å².